The predicted molar refractivity (Wildman–Crippen MR) is 140 cm³/mol. The van der Waals surface area contributed by atoms with Gasteiger partial charge in [-0.15, -0.1) is 0 Å². The molecule has 5 heterocycles. The van der Waals surface area contributed by atoms with Crippen LogP contribution < -0.4 is 15.9 Å². The third-order valence-electron chi connectivity index (χ3n) is 7.94. The lowest BCUT2D eigenvalue weighted by atomic mass is 10.1. The van der Waals surface area contributed by atoms with Gasteiger partial charge in [-0.2, -0.15) is 0 Å². The Kier molecular flexibility index (Phi) is 5.42. The van der Waals surface area contributed by atoms with Gasteiger partial charge in [0.05, 0.1) is 36.2 Å². The zero-order chi connectivity index (χ0) is 25.1. The van der Waals surface area contributed by atoms with Gasteiger partial charge in [0.25, 0.3) is 11.1 Å². The highest BCUT2D eigenvalue weighted by molar-refractivity contribution is 5.93. The van der Waals surface area contributed by atoms with Crippen LogP contribution in [-0.4, -0.2) is 81.1 Å². The van der Waals surface area contributed by atoms with Gasteiger partial charge in [0, 0.05) is 50.7 Å². The Morgan fingerprint density at radius 3 is 2.84 bits per heavy atom. The number of fused-ring (bicyclic) bond motifs is 5. The SMILES string of the molecule is C[C@@H]1CC2CN1CCn1[nH]c3c(cccc3c1=O)-c1nc3c(cc(CN4CCOCC4)cc3[nH]c1=O)O2. The summed E-state index contributed by atoms with van der Waals surface area (Å²) in [6, 6.07) is 9.84. The number of para-hydroxylation sites is 1. The van der Waals surface area contributed by atoms with Crippen molar-refractivity contribution in [2.75, 3.05) is 39.4 Å². The van der Waals surface area contributed by atoms with Crippen molar-refractivity contribution in [3.05, 3.63) is 56.6 Å². The van der Waals surface area contributed by atoms with Gasteiger partial charge in [-0.05, 0) is 30.7 Å². The summed E-state index contributed by atoms with van der Waals surface area (Å²) < 4.78 is 13.8. The van der Waals surface area contributed by atoms with Gasteiger partial charge < -0.3 is 14.5 Å². The van der Waals surface area contributed by atoms with Gasteiger partial charge in [-0.3, -0.25) is 29.2 Å². The Balaban J connectivity index is 1.43. The van der Waals surface area contributed by atoms with Crippen LogP contribution in [0.25, 0.3) is 33.2 Å². The number of nitrogens with zero attached hydrogens (tertiary/aromatic N) is 4. The molecule has 2 unspecified atom stereocenters. The third kappa shape index (κ3) is 3.96. The summed E-state index contributed by atoms with van der Waals surface area (Å²) in [6.45, 7) is 8.19. The average Bonchev–Trinajstić information content (AvgIpc) is 3.41. The summed E-state index contributed by atoms with van der Waals surface area (Å²) in [5.41, 5.74) is 3.48. The van der Waals surface area contributed by atoms with Crippen LogP contribution in [0.3, 0.4) is 0 Å². The van der Waals surface area contributed by atoms with Crippen molar-refractivity contribution in [1.29, 1.82) is 0 Å². The highest BCUT2D eigenvalue weighted by atomic mass is 16.5. The van der Waals surface area contributed by atoms with Crippen LogP contribution in [0.1, 0.15) is 18.9 Å². The molecule has 2 aromatic heterocycles. The molecule has 37 heavy (non-hydrogen) atoms. The molecule has 0 radical (unpaired) electrons. The first kappa shape index (κ1) is 22.7. The fourth-order valence-corrected chi connectivity index (χ4v) is 5.99. The number of ether oxygens (including phenoxy) is 2. The number of hydrogen-bond donors (Lipinski definition) is 2. The lowest BCUT2D eigenvalue weighted by Crippen LogP contribution is -2.35. The monoisotopic (exact) mass is 502 g/mol. The number of aromatic nitrogens is 4. The van der Waals surface area contributed by atoms with Crippen LogP contribution in [0.2, 0.25) is 0 Å². The first-order valence-corrected chi connectivity index (χ1v) is 13.0. The second-order valence-corrected chi connectivity index (χ2v) is 10.4. The van der Waals surface area contributed by atoms with Crippen LogP contribution in [0, 0.1) is 0 Å². The molecule has 3 atom stereocenters. The van der Waals surface area contributed by atoms with Crippen LogP contribution in [-0.2, 0) is 17.8 Å². The molecule has 3 aliphatic heterocycles. The van der Waals surface area contributed by atoms with E-state index >= 15 is 0 Å². The molecule has 2 saturated heterocycles. The molecule has 7 rings (SSSR count). The van der Waals surface area contributed by atoms with Gasteiger partial charge in [0.1, 0.15) is 23.1 Å². The minimum absolute atomic E-state index is 0.00389. The Labute approximate surface area is 212 Å². The molecule has 192 valence electrons. The number of nitrogens with one attached hydrogen (secondary N) is 2. The van der Waals surface area contributed by atoms with Crippen molar-refractivity contribution in [1.82, 2.24) is 29.5 Å². The molecule has 0 spiro atoms. The second-order valence-electron chi connectivity index (χ2n) is 10.4. The van der Waals surface area contributed by atoms with E-state index in [0.717, 1.165) is 57.9 Å². The van der Waals surface area contributed by atoms with E-state index in [9.17, 15) is 9.59 Å². The summed E-state index contributed by atoms with van der Waals surface area (Å²) in [6.07, 6.45) is 0.880. The molecule has 6 bridgehead atoms. The van der Waals surface area contributed by atoms with Crippen LogP contribution >= 0.6 is 0 Å². The molecule has 0 amide bonds. The van der Waals surface area contributed by atoms with Gasteiger partial charge >= 0.3 is 0 Å². The summed E-state index contributed by atoms with van der Waals surface area (Å²) in [7, 11) is 0. The number of benzene rings is 2. The lowest BCUT2D eigenvalue weighted by molar-refractivity contribution is 0.0341. The number of rotatable bonds is 2. The summed E-state index contributed by atoms with van der Waals surface area (Å²) >= 11 is 0. The Hall–Kier alpha value is -3.47. The van der Waals surface area contributed by atoms with Crippen molar-refractivity contribution in [2.45, 2.75) is 38.6 Å². The minimum Gasteiger partial charge on any atom is -0.487 e. The molecule has 0 saturated carbocycles. The molecular formula is C27H30N6O4. The van der Waals surface area contributed by atoms with E-state index in [2.05, 4.69) is 32.9 Å². The van der Waals surface area contributed by atoms with Gasteiger partial charge in [-0.25, -0.2) is 4.98 Å². The quantitative estimate of drug-likeness (QED) is 0.431. The highest BCUT2D eigenvalue weighted by Gasteiger charge is 2.31. The molecule has 2 fully saturated rings. The normalized spacial score (nSPS) is 24.1. The van der Waals surface area contributed by atoms with E-state index in [-0.39, 0.29) is 22.9 Å². The number of hydrogen-bond acceptors (Lipinski definition) is 7. The molecule has 0 aliphatic carbocycles. The van der Waals surface area contributed by atoms with Gasteiger partial charge in [0.2, 0.25) is 0 Å². The van der Waals surface area contributed by atoms with Crippen LogP contribution in [0.15, 0.2) is 39.9 Å². The van der Waals surface area contributed by atoms with Crippen molar-refractivity contribution in [3.8, 4) is 17.0 Å². The lowest BCUT2D eigenvalue weighted by Gasteiger charge is -2.27. The molecule has 3 aliphatic rings. The van der Waals surface area contributed by atoms with E-state index in [0.29, 0.717) is 45.8 Å². The Morgan fingerprint density at radius 1 is 1.11 bits per heavy atom. The molecule has 4 aromatic rings. The maximum atomic E-state index is 13.4. The molecule has 10 heteroatoms. The fraction of sp³-hybridized carbons (Fsp3) is 0.444. The van der Waals surface area contributed by atoms with Crippen LogP contribution in [0.4, 0.5) is 0 Å². The summed E-state index contributed by atoms with van der Waals surface area (Å²) in [5.74, 6) is 0.688. The van der Waals surface area contributed by atoms with Crippen molar-refractivity contribution in [2.24, 2.45) is 0 Å². The Morgan fingerprint density at radius 2 is 1.97 bits per heavy atom. The Bertz CT molecular complexity index is 1620. The van der Waals surface area contributed by atoms with E-state index in [1.165, 1.54) is 0 Å². The third-order valence-corrected chi connectivity index (χ3v) is 7.94. The molecule has 10 nitrogen and oxygen atoms in total. The van der Waals surface area contributed by atoms with Gasteiger partial charge in [0.15, 0.2) is 0 Å². The van der Waals surface area contributed by atoms with E-state index in [1.54, 1.807) is 16.8 Å². The fourth-order valence-electron chi connectivity index (χ4n) is 5.99. The molecular weight excluding hydrogens is 472 g/mol. The van der Waals surface area contributed by atoms with Crippen molar-refractivity contribution < 1.29 is 9.47 Å². The maximum Gasteiger partial charge on any atom is 0.275 e. The largest absolute Gasteiger partial charge is 0.487 e. The summed E-state index contributed by atoms with van der Waals surface area (Å²) in [5, 5.41) is 3.82. The molecule has 2 aromatic carbocycles. The first-order chi connectivity index (χ1) is 18.0. The maximum absolute atomic E-state index is 13.4. The first-order valence-electron chi connectivity index (χ1n) is 13.0. The molecule has 2 N–H and O–H groups in total. The zero-order valence-corrected chi connectivity index (χ0v) is 20.8. The average molecular weight is 503 g/mol. The van der Waals surface area contributed by atoms with Crippen molar-refractivity contribution >= 4 is 21.9 Å². The van der Waals surface area contributed by atoms with Crippen LogP contribution in [0.5, 0.6) is 5.75 Å². The summed E-state index contributed by atoms with van der Waals surface area (Å²) in [4.78, 5) is 39.2. The minimum atomic E-state index is -0.296. The smallest absolute Gasteiger partial charge is 0.275 e. The number of H-pyrrole nitrogens is 2. The number of morpholine rings is 1. The van der Waals surface area contributed by atoms with Crippen molar-refractivity contribution in [3.63, 3.8) is 0 Å². The second kappa shape index (κ2) is 8.83. The number of aromatic amines is 2. The topological polar surface area (TPSA) is 108 Å². The van der Waals surface area contributed by atoms with Gasteiger partial charge in [-0.1, -0.05) is 12.1 Å². The zero-order valence-electron chi connectivity index (χ0n) is 20.8. The predicted octanol–water partition coefficient (Wildman–Crippen LogP) is 1.92. The van der Waals surface area contributed by atoms with E-state index in [4.69, 9.17) is 14.5 Å². The van der Waals surface area contributed by atoms with E-state index in [1.807, 2.05) is 12.1 Å². The van der Waals surface area contributed by atoms with E-state index < -0.39 is 0 Å². The highest BCUT2D eigenvalue weighted by Crippen LogP contribution is 2.32. The standard InChI is InChI=1S/C27H30N6O4/c1-16-11-18-15-32(16)5-6-33-27(35)20-4-2-3-19(23(20)30-33)24-26(34)28-21-12-17(13-22(37-18)25(21)29-24)14-31-7-9-36-10-8-31/h2-4,12-13,16,18,30H,5-11,14-15H2,1H3,(H,28,34)/t16-,18?/m1/s1.